The third kappa shape index (κ3) is 4.83. The molecule has 0 unspecified atom stereocenters. The van der Waals surface area contributed by atoms with E-state index in [0.717, 1.165) is 39.3 Å². The summed E-state index contributed by atoms with van der Waals surface area (Å²) in [5, 5.41) is 0. The number of hydrogen-bond acceptors (Lipinski definition) is 3. The number of hydrogen-bond donors (Lipinski definition) is 1. The number of allylic oxidation sites excluding steroid dienone is 1. The quantitative estimate of drug-likeness (QED) is 0.379. The van der Waals surface area contributed by atoms with E-state index in [2.05, 4.69) is 9.97 Å². The highest BCUT2D eigenvalue weighted by Gasteiger charge is 2.15. The summed E-state index contributed by atoms with van der Waals surface area (Å²) in [7, 11) is 1.38. The fourth-order valence-corrected chi connectivity index (χ4v) is 3.64. The highest BCUT2D eigenvalue weighted by Crippen LogP contribution is 2.29. The number of carbonyl (C=O) groups is 1. The Labute approximate surface area is 186 Å². The fraction of sp³-hybridized carbons (Fsp3) is 0.111. The number of rotatable bonds is 6. The van der Waals surface area contributed by atoms with Crippen LogP contribution in [0.1, 0.15) is 33.0 Å². The summed E-state index contributed by atoms with van der Waals surface area (Å²) in [4.78, 5) is 20.0. The van der Waals surface area contributed by atoms with E-state index in [1.54, 1.807) is 24.4 Å². The van der Waals surface area contributed by atoms with Crippen molar-refractivity contribution in [3.05, 3.63) is 113 Å². The number of carbonyl (C=O) groups excluding carboxylic acids is 1. The lowest BCUT2D eigenvalue weighted by atomic mass is 9.92. The van der Waals surface area contributed by atoms with E-state index in [1.807, 2.05) is 55.5 Å². The van der Waals surface area contributed by atoms with E-state index >= 15 is 0 Å². The molecule has 0 fully saturated rings. The number of halogens is 1. The van der Waals surface area contributed by atoms with E-state index in [4.69, 9.17) is 4.74 Å². The lowest BCUT2D eigenvalue weighted by Gasteiger charge is -2.13. The van der Waals surface area contributed by atoms with Crippen molar-refractivity contribution < 1.29 is 13.9 Å². The van der Waals surface area contributed by atoms with Gasteiger partial charge in [0.15, 0.2) is 0 Å². The van der Waals surface area contributed by atoms with Gasteiger partial charge in [0.2, 0.25) is 0 Å². The molecule has 0 bridgehead atoms. The van der Waals surface area contributed by atoms with Crippen LogP contribution in [0.2, 0.25) is 0 Å². The van der Waals surface area contributed by atoms with Gasteiger partial charge in [-0.25, -0.2) is 14.2 Å². The second-order valence-electron chi connectivity index (χ2n) is 7.54. The molecule has 160 valence electrons. The van der Waals surface area contributed by atoms with E-state index in [0.29, 0.717) is 12.0 Å². The van der Waals surface area contributed by atoms with E-state index in [1.165, 1.54) is 19.2 Å². The number of benzene rings is 3. The van der Waals surface area contributed by atoms with E-state index in [9.17, 15) is 9.18 Å². The minimum absolute atomic E-state index is 0.282. The molecule has 4 aromatic rings. The third-order valence-electron chi connectivity index (χ3n) is 5.22. The zero-order valence-electron chi connectivity index (χ0n) is 17.9. The first-order valence-corrected chi connectivity index (χ1v) is 10.3. The summed E-state index contributed by atoms with van der Waals surface area (Å²) in [5.41, 5.74) is 6.10. The molecule has 1 N–H and O–H groups in total. The summed E-state index contributed by atoms with van der Waals surface area (Å²) >= 11 is 0. The van der Waals surface area contributed by atoms with Crippen molar-refractivity contribution in [3.63, 3.8) is 0 Å². The minimum atomic E-state index is -0.379. The Balaban J connectivity index is 1.77. The van der Waals surface area contributed by atoms with Gasteiger partial charge in [-0.1, -0.05) is 48.5 Å². The summed E-state index contributed by atoms with van der Waals surface area (Å²) in [6.45, 7) is 1.94. The molecule has 0 amide bonds. The molecule has 4 nitrogen and oxygen atoms in total. The van der Waals surface area contributed by atoms with Gasteiger partial charge in [-0.15, -0.1) is 0 Å². The van der Waals surface area contributed by atoms with E-state index < -0.39 is 0 Å². The molecule has 0 spiro atoms. The Morgan fingerprint density at radius 1 is 1.06 bits per heavy atom. The number of methoxy groups -OCH3 is 1. The van der Waals surface area contributed by atoms with Crippen molar-refractivity contribution in [1.82, 2.24) is 9.97 Å². The van der Waals surface area contributed by atoms with Crippen LogP contribution in [0.15, 0.2) is 79.0 Å². The van der Waals surface area contributed by atoms with Crippen LogP contribution in [0.4, 0.5) is 4.39 Å². The molecular weight excluding hydrogens is 403 g/mol. The predicted octanol–water partition coefficient (Wildman–Crippen LogP) is 6.09. The summed E-state index contributed by atoms with van der Waals surface area (Å²) in [6, 6.07) is 21.9. The Kier molecular flexibility index (Phi) is 6.26. The first kappa shape index (κ1) is 21.2. The molecule has 5 heteroatoms. The predicted molar refractivity (Wildman–Crippen MR) is 125 cm³/mol. The number of nitrogens with zero attached hydrogens (tertiary/aromatic N) is 1. The van der Waals surface area contributed by atoms with Crippen LogP contribution < -0.4 is 0 Å². The molecular formula is C27H23FN2O2. The third-order valence-corrected chi connectivity index (χ3v) is 5.22. The molecule has 0 aliphatic carbocycles. The average molecular weight is 426 g/mol. The van der Waals surface area contributed by atoms with Crippen LogP contribution in [-0.2, 0) is 11.2 Å². The zero-order chi connectivity index (χ0) is 22.5. The topological polar surface area (TPSA) is 55.0 Å². The Hall–Kier alpha value is -3.99. The van der Waals surface area contributed by atoms with Crippen LogP contribution in [0, 0.1) is 12.7 Å². The Bertz CT molecular complexity index is 1260. The first-order valence-electron chi connectivity index (χ1n) is 10.3. The zero-order valence-corrected chi connectivity index (χ0v) is 17.9. The highest BCUT2D eigenvalue weighted by atomic mass is 19.1. The second kappa shape index (κ2) is 9.43. The SMILES string of the molecule is COC(=O)c1ccc(CC(=Cc2ncc(C)[nH]2)c2ccc(F)cc2)cc1-c1ccccc1. The van der Waals surface area contributed by atoms with Crippen molar-refractivity contribution in [3.8, 4) is 11.1 Å². The molecule has 1 heterocycles. The number of esters is 1. The summed E-state index contributed by atoms with van der Waals surface area (Å²) in [6.07, 6.45) is 4.32. The maximum Gasteiger partial charge on any atom is 0.338 e. The fourth-order valence-electron chi connectivity index (χ4n) is 3.64. The highest BCUT2D eigenvalue weighted by molar-refractivity contribution is 5.97. The van der Waals surface area contributed by atoms with Gasteiger partial charge in [-0.3, -0.25) is 0 Å². The molecule has 0 aliphatic heterocycles. The van der Waals surface area contributed by atoms with Crippen LogP contribution in [-0.4, -0.2) is 23.0 Å². The monoisotopic (exact) mass is 426 g/mol. The number of aromatic nitrogens is 2. The van der Waals surface area contributed by atoms with Gasteiger partial charge < -0.3 is 9.72 Å². The van der Waals surface area contributed by atoms with Gasteiger partial charge >= 0.3 is 5.97 Å². The van der Waals surface area contributed by atoms with Crippen molar-refractivity contribution >= 4 is 17.6 Å². The van der Waals surface area contributed by atoms with Crippen molar-refractivity contribution in [2.75, 3.05) is 7.11 Å². The summed E-state index contributed by atoms with van der Waals surface area (Å²) < 4.78 is 18.5. The van der Waals surface area contributed by atoms with Gasteiger partial charge in [0, 0.05) is 11.9 Å². The number of imidazole rings is 1. The van der Waals surface area contributed by atoms with Crippen LogP contribution >= 0.6 is 0 Å². The molecule has 0 atom stereocenters. The van der Waals surface area contributed by atoms with Gasteiger partial charge in [0.25, 0.3) is 0 Å². The smallest absolute Gasteiger partial charge is 0.338 e. The number of ether oxygens (including phenoxy) is 1. The maximum atomic E-state index is 13.5. The van der Waals surface area contributed by atoms with Gasteiger partial charge in [-0.05, 0) is 71.5 Å². The number of nitrogens with one attached hydrogen (secondary N) is 1. The maximum absolute atomic E-state index is 13.5. The van der Waals surface area contributed by atoms with Gasteiger partial charge in [0.05, 0.1) is 12.7 Å². The average Bonchev–Trinajstić information content (AvgIpc) is 3.23. The molecule has 32 heavy (non-hydrogen) atoms. The molecule has 0 aliphatic rings. The normalized spacial score (nSPS) is 11.4. The van der Waals surface area contributed by atoms with Crippen LogP contribution in [0.25, 0.3) is 22.8 Å². The lowest BCUT2D eigenvalue weighted by Crippen LogP contribution is -2.04. The Morgan fingerprint density at radius 2 is 1.81 bits per heavy atom. The molecule has 0 saturated carbocycles. The lowest BCUT2D eigenvalue weighted by molar-refractivity contribution is 0.0601. The largest absolute Gasteiger partial charge is 0.465 e. The minimum Gasteiger partial charge on any atom is -0.465 e. The first-order chi connectivity index (χ1) is 15.5. The van der Waals surface area contributed by atoms with Gasteiger partial charge in [-0.2, -0.15) is 0 Å². The molecule has 1 aromatic heterocycles. The van der Waals surface area contributed by atoms with Crippen molar-refractivity contribution in [2.24, 2.45) is 0 Å². The molecule has 0 radical (unpaired) electrons. The van der Waals surface area contributed by atoms with Crippen molar-refractivity contribution in [2.45, 2.75) is 13.3 Å². The standard InChI is InChI=1S/C27H23FN2O2/c1-18-17-29-26(30-18)16-22(20-9-11-23(28)12-10-20)14-19-8-13-24(27(31)32-2)25(15-19)21-6-4-3-5-7-21/h3-13,15-17H,14H2,1-2H3,(H,29,30). The summed E-state index contributed by atoms with van der Waals surface area (Å²) in [5.74, 6) is 0.0720. The molecule has 3 aromatic carbocycles. The Morgan fingerprint density at radius 3 is 2.47 bits per heavy atom. The molecule has 0 saturated heterocycles. The van der Waals surface area contributed by atoms with Crippen LogP contribution in [0.5, 0.6) is 0 Å². The molecule has 4 rings (SSSR count). The van der Waals surface area contributed by atoms with E-state index in [-0.39, 0.29) is 11.8 Å². The number of H-pyrrole nitrogens is 1. The number of aromatic amines is 1. The second-order valence-corrected chi connectivity index (χ2v) is 7.54. The number of aryl methyl sites for hydroxylation is 1. The van der Waals surface area contributed by atoms with Gasteiger partial charge in [0.1, 0.15) is 11.6 Å². The van der Waals surface area contributed by atoms with Crippen LogP contribution in [0.3, 0.4) is 0 Å². The van der Waals surface area contributed by atoms with Crippen molar-refractivity contribution in [1.29, 1.82) is 0 Å².